The number of benzene rings is 3. The molecular formula is C37H40N2O5. The van der Waals surface area contributed by atoms with E-state index < -0.39 is 5.97 Å². The molecule has 1 fully saturated rings. The van der Waals surface area contributed by atoms with Gasteiger partial charge in [-0.05, 0) is 89.4 Å². The molecule has 0 saturated heterocycles. The van der Waals surface area contributed by atoms with Gasteiger partial charge in [-0.2, -0.15) is 0 Å². The highest BCUT2D eigenvalue weighted by Gasteiger charge is 2.28. The smallest absolute Gasteiger partial charge is 0.335 e. The molecule has 7 heteroatoms. The van der Waals surface area contributed by atoms with Crippen LogP contribution in [0.4, 0.5) is 0 Å². The van der Waals surface area contributed by atoms with E-state index in [0.717, 1.165) is 59.3 Å². The molecule has 44 heavy (non-hydrogen) atoms. The molecule has 2 heterocycles. The Balaban J connectivity index is 1.38. The maximum Gasteiger partial charge on any atom is 0.335 e. The predicted octanol–water partition coefficient (Wildman–Crippen LogP) is 7.53. The molecule has 2 aliphatic rings. The highest BCUT2D eigenvalue weighted by molar-refractivity contribution is 5.99. The van der Waals surface area contributed by atoms with Crippen molar-refractivity contribution < 1.29 is 24.2 Å². The molecule has 3 aromatic carbocycles. The van der Waals surface area contributed by atoms with Gasteiger partial charge in [0.05, 0.1) is 30.0 Å². The fourth-order valence-electron chi connectivity index (χ4n) is 6.67. The molecule has 1 amide bonds. The molecule has 7 nitrogen and oxygen atoms in total. The number of aromatic carboxylic acids is 1. The molecule has 0 unspecified atom stereocenters. The number of fused-ring (bicyclic) bond motifs is 1. The van der Waals surface area contributed by atoms with Crippen molar-refractivity contribution in [3.8, 4) is 17.0 Å². The third-order valence-electron chi connectivity index (χ3n) is 9.01. The second kappa shape index (κ2) is 13.1. The summed E-state index contributed by atoms with van der Waals surface area (Å²) in [7, 11) is 3.50. The van der Waals surface area contributed by atoms with Crippen LogP contribution < -0.4 is 4.74 Å². The number of carboxylic acids is 1. The Kier molecular flexibility index (Phi) is 8.84. The minimum Gasteiger partial charge on any atom is -0.489 e. The van der Waals surface area contributed by atoms with E-state index >= 15 is 0 Å². The Hall–Kier alpha value is -4.36. The standard InChI is InChI=1S/C37H40N2O5/c1-38(2)34(40)23-39-33-22-28(37(41)42)14-17-32(33)35(26-8-4-3-5-9-26)36(39)27-12-15-30(16-13-27)44-24-29-10-6-7-11-31(29)25-18-20-43-21-19-25/h6-7,10-18,22,26H,3-5,8-9,19-21,23-24H2,1-2H3,(H,41,42). The molecule has 0 bridgehead atoms. The molecule has 0 spiro atoms. The zero-order valence-corrected chi connectivity index (χ0v) is 25.6. The number of likely N-dealkylation sites (N-methyl/N-ethyl adjacent to an activating group) is 1. The molecule has 0 atom stereocenters. The highest BCUT2D eigenvalue weighted by atomic mass is 16.5. The summed E-state index contributed by atoms with van der Waals surface area (Å²) in [6.45, 7) is 1.96. The summed E-state index contributed by atoms with van der Waals surface area (Å²) in [5, 5.41) is 10.8. The van der Waals surface area contributed by atoms with Crippen LogP contribution in [0.2, 0.25) is 0 Å². The van der Waals surface area contributed by atoms with Gasteiger partial charge >= 0.3 is 5.97 Å². The summed E-state index contributed by atoms with van der Waals surface area (Å²) >= 11 is 0. The first-order valence-corrected chi connectivity index (χ1v) is 15.6. The van der Waals surface area contributed by atoms with Crippen LogP contribution in [0.1, 0.15) is 71.5 Å². The van der Waals surface area contributed by atoms with E-state index in [9.17, 15) is 14.7 Å². The van der Waals surface area contributed by atoms with Crippen LogP contribution in [0.15, 0.2) is 72.8 Å². The average Bonchev–Trinajstić information content (AvgIpc) is 3.38. The van der Waals surface area contributed by atoms with E-state index in [-0.39, 0.29) is 18.0 Å². The lowest BCUT2D eigenvalue weighted by Gasteiger charge is -2.24. The Morgan fingerprint density at radius 1 is 1.00 bits per heavy atom. The van der Waals surface area contributed by atoms with Crippen molar-refractivity contribution in [2.45, 2.75) is 57.6 Å². The summed E-state index contributed by atoms with van der Waals surface area (Å²) in [5.41, 5.74) is 7.85. The van der Waals surface area contributed by atoms with Crippen molar-refractivity contribution in [1.29, 1.82) is 0 Å². The van der Waals surface area contributed by atoms with Crippen LogP contribution in [-0.2, 0) is 22.7 Å². The number of hydrogen-bond acceptors (Lipinski definition) is 4. The molecule has 228 valence electrons. The van der Waals surface area contributed by atoms with E-state index in [1.165, 1.54) is 36.0 Å². The van der Waals surface area contributed by atoms with E-state index in [2.05, 4.69) is 36.4 Å². The molecular weight excluding hydrogens is 552 g/mol. The van der Waals surface area contributed by atoms with Crippen LogP contribution in [0, 0.1) is 0 Å². The fourth-order valence-corrected chi connectivity index (χ4v) is 6.67. The number of ether oxygens (including phenoxy) is 2. The van der Waals surface area contributed by atoms with Crippen molar-refractivity contribution in [3.05, 3.63) is 95.1 Å². The third-order valence-corrected chi connectivity index (χ3v) is 9.01. The van der Waals surface area contributed by atoms with Crippen LogP contribution in [0.5, 0.6) is 5.75 Å². The molecule has 1 aliphatic heterocycles. The number of carbonyl (C=O) groups is 2. The Labute approximate surface area is 258 Å². The van der Waals surface area contributed by atoms with Gasteiger partial charge in [0.15, 0.2) is 0 Å². The second-order valence-corrected chi connectivity index (χ2v) is 12.0. The molecule has 4 aromatic rings. The van der Waals surface area contributed by atoms with Gasteiger partial charge in [-0.15, -0.1) is 0 Å². The monoisotopic (exact) mass is 592 g/mol. The van der Waals surface area contributed by atoms with Gasteiger partial charge in [0, 0.05) is 19.5 Å². The Bertz CT molecular complexity index is 1690. The lowest BCUT2D eigenvalue weighted by atomic mass is 9.82. The van der Waals surface area contributed by atoms with Gasteiger partial charge in [0.1, 0.15) is 18.9 Å². The zero-order valence-electron chi connectivity index (χ0n) is 25.6. The van der Waals surface area contributed by atoms with Crippen LogP contribution in [-0.4, -0.2) is 53.8 Å². The van der Waals surface area contributed by atoms with E-state index in [0.29, 0.717) is 19.1 Å². The minimum atomic E-state index is -0.976. The average molecular weight is 593 g/mol. The molecule has 1 aliphatic carbocycles. The number of carbonyl (C=O) groups excluding carboxylic acids is 1. The van der Waals surface area contributed by atoms with Gasteiger partial charge in [0.2, 0.25) is 5.91 Å². The molecule has 6 rings (SSSR count). The highest BCUT2D eigenvalue weighted by Crippen LogP contribution is 2.44. The SMILES string of the molecule is CN(C)C(=O)Cn1c(-c2ccc(OCc3ccccc3C3=CCOCC3)cc2)c(C2CCCCC2)c2ccc(C(=O)O)cc21. The first-order valence-electron chi connectivity index (χ1n) is 15.6. The lowest BCUT2D eigenvalue weighted by Crippen LogP contribution is -2.26. The fraction of sp³-hybridized carbons (Fsp3) is 0.351. The first kappa shape index (κ1) is 29.7. The maximum absolute atomic E-state index is 13.1. The molecule has 0 radical (unpaired) electrons. The van der Waals surface area contributed by atoms with Crippen molar-refractivity contribution >= 4 is 28.4 Å². The third kappa shape index (κ3) is 6.15. The van der Waals surface area contributed by atoms with Gasteiger partial charge in [0.25, 0.3) is 0 Å². The summed E-state index contributed by atoms with van der Waals surface area (Å²) < 4.78 is 13.8. The predicted molar refractivity (Wildman–Crippen MR) is 173 cm³/mol. The summed E-state index contributed by atoms with van der Waals surface area (Å²) in [6, 6.07) is 21.8. The van der Waals surface area contributed by atoms with Crippen molar-refractivity contribution in [3.63, 3.8) is 0 Å². The Morgan fingerprint density at radius 3 is 2.48 bits per heavy atom. The zero-order chi connectivity index (χ0) is 30.6. The summed E-state index contributed by atoms with van der Waals surface area (Å²) in [4.78, 5) is 26.7. The van der Waals surface area contributed by atoms with E-state index in [4.69, 9.17) is 9.47 Å². The van der Waals surface area contributed by atoms with Gasteiger partial charge < -0.3 is 24.0 Å². The van der Waals surface area contributed by atoms with E-state index in [1.54, 1.807) is 31.1 Å². The molecule has 1 N–H and O–H groups in total. The largest absolute Gasteiger partial charge is 0.489 e. The van der Waals surface area contributed by atoms with Gasteiger partial charge in [-0.3, -0.25) is 4.79 Å². The summed E-state index contributed by atoms with van der Waals surface area (Å²) in [6.07, 6.45) is 8.77. The van der Waals surface area contributed by atoms with Crippen molar-refractivity contribution in [1.82, 2.24) is 9.47 Å². The number of amides is 1. The normalized spacial score (nSPS) is 15.6. The number of nitrogens with zero attached hydrogens (tertiary/aromatic N) is 2. The second-order valence-electron chi connectivity index (χ2n) is 12.0. The number of hydrogen-bond donors (Lipinski definition) is 1. The Morgan fingerprint density at radius 2 is 1.77 bits per heavy atom. The number of carboxylic acid groups (broad SMARTS) is 1. The maximum atomic E-state index is 13.1. The van der Waals surface area contributed by atoms with Gasteiger partial charge in [-0.1, -0.05) is 55.7 Å². The minimum absolute atomic E-state index is 0.0441. The molecule has 1 aromatic heterocycles. The molecule has 1 saturated carbocycles. The number of rotatable bonds is 9. The van der Waals surface area contributed by atoms with Crippen LogP contribution in [0.25, 0.3) is 27.7 Å². The first-order chi connectivity index (χ1) is 21.4. The number of aromatic nitrogens is 1. The quantitative estimate of drug-likeness (QED) is 0.217. The van der Waals surface area contributed by atoms with Crippen molar-refractivity contribution in [2.24, 2.45) is 0 Å². The van der Waals surface area contributed by atoms with E-state index in [1.807, 2.05) is 28.8 Å². The lowest BCUT2D eigenvalue weighted by molar-refractivity contribution is -0.129. The topological polar surface area (TPSA) is 81.0 Å². The van der Waals surface area contributed by atoms with Crippen molar-refractivity contribution in [2.75, 3.05) is 27.3 Å². The summed E-state index contributed by atoms with van der Waals surface area (Å²) in [5.74, 6) is 0.0938. The van der Waals surface area contributed by atoms with Crippen LogP contribution in [0.3, 0.4) is 0 Å². The van der Waals surface area contributed by atoms with Crippen LogP contribution >= 0.6 is 0 Å². The van der Waals surface area contributed by atoms with Gasteiger partial charge in [-0.25, -0.2) is 4.79 Å².